The lowest BCUT2D eigenvalue weighted by atomic mass is 9.95. The van der Waals surface area contributed by atoms with Crippen molar-refractivity contribution in [2.24, 2.45) is 0 Å². The number of phenols is 1. The van der Waals surface area contributed by atoms with E-state index in [1.54, 1.807) is 18.2 Å². The van der Waals surface area contributed by atoms with Crippen molar-refractivity contribution in [3.05, 3.63) is 59.5 Å². The second kappa shape index (κ2) is 7.92. The van der Waals surface area contributed by atoms with Gasteiger partial charge >= 0.3 is 0 Å². The van der Waals surface area contributed by atoms with Crippen molar-refractivity contribution in [2.45, 2.75) is 45.1 Å². The molecule has 1 amide bonds. The fourth-order valence-electron chi connectivity index (χ4n) is 3.85. The van der Waals surface area contributed by atoms with Crippen LogP contribution in [0.2, 0.25) is 0 Å². The monoisotopic (exact) mass is 379 g/mol. The third-order valence-corrected chi connectivity index (χ3v) is 5.39. The van der Waals surface area contributed by atoms with Gasteiger partial charge in [0.1, 0.15) is 17.2 Å². The lowest BCUT2D eigenvalue weighted by Gasteiger charge is -2.35. The van der Waals surface area contributed by atoms with Crippen LogP contribution >= 0.6 is 0 Å². The molecule has 4 rings (SSSR count). The van der Waals surface area contributed by atoms with Crippen LogP contribution in [0.4, 0.5) is 0 Å². The number of furan rings is 1. The molecule has 0 aliphatic carbocycles. The van der Waals surface area contributed by atoms with Crippen molar-refractivity contribution < 1.29 is 14.3 Å². The molecule has 6 heteroatoms. The predicted molar refractivity (Wildman–Crippen MR) is 106 cm³/mol. The lowest BCUT2D eigenvalue weighted by molar-refractivity contribution is 0.0596. The first-order valence-electron chi connectivity index (χ1n) is 9.81. The third kappa shape index (κ3) is 3.96. The summed E-state index contributed by atoms with van der Waals surface area (Å²) in [6, 6.07) is 13.0. The largest absolute Gasteiger partial charge is 0.508 e. The molecule has 1 aromatic carbocycles. The second-order valence-electron chi connectivity index (χ2n) is 7.43. The van der Waals surface area contributed by atoms with E-state index in [1.165, 1.54) is 5.56 Å². The van der Waals surface area contributed by atoms with Gasteiger partial charge in [-0.25, -0.2) is 0 Å². The Morgan fingerprint density at radius 1 is 1.25 bits per heavy atom. The van der Waals surface area contributed by atoms with E-state index < -0.39 is 0 Å². The first kappa shape index (κ1) is 18.3. The summed E-state index contributed by atoms with van der Waals surface area (Å²) in [5.74, 6) is 1.76. The molecule has 0 radical (unpaired) electrons. The number of nitrogens with zero attached hydrogens (tertiary/aromatic N) is 2. The van der Waals surface area contributed by atoms with Crippen molar-refractivity contribution in [2.75, 3.05) is 6.54 Å². The molecule has 2 N–H and O–H groups in total. The van der Waals surface area contributed by atoms with E-state index in [0.29, 0.717) is 17.1 Å². The number of benzene rings is 1. The van der Waals surface area contributed by atoms with E-state index in [9.17, 15) is 9.90 Å². The maximum absolute atomic E-state index is 13.1. The lowest BCUT2D eigenvalue weighted by Crippen LogP contribution is -2.44. The average Bonchev–Trinajstić information content (AvgIpc) is 3.36. The number of aryl methyl sites for hydroxylation is 2. The molecule has 2 aromatic heterocycles. The van der Waals surface area contributed by atoms with Crippen LogP contribution in [-0.2, 0) is 6.42 Å². The van der Waals surface area contributed by atoms with E-state index in [0.717, 1.165) is 44.4 Å². The maximum atomic E-state index is 13.1. The van der Waals surface area contributed by atoms with Crippen LogP contribution in [0.5, 0.6) is 5.75 Å². The van der Waals surface area contributed by atoms with Gasteiger partial charge in [0.2, 0.25) is 0 Å². The Balaban J connectivity index is 1.45. The zero-order valence-corrected chi connectivity index (χ0v) is 16.0. The van der Waals surface area contributed by atoms with Crippen LogP contribution in [0.1, 0.15) is 47.5 Å². The van der Waals surface area contributed by atoms with Gasteiger partial charge in [-0.3, -0.25) is 9.89 Å². The molecule has 3 heterocycles. The highest BCUT2D eigenvalue weighted by Gasteiger charge is 2.29. The summed E-state index contributed by atoms with van der Waals surface area (Å²) >= 11 is 0. The molecule has 28 heavy (non-hydrogen) atoms. The molecular weight excluding hydrogens is 354 g/mol. The molecule has 0 spiro atoms. The number of likely N-dealkylation sites (tertiary alicyclic amines) is 1. The van der Waals surface area contributed by atoms with Crippen LogP contribution in [0.3, 0.4) is 0 Å². The first-order chi connectivity index (χ1) is 13.6. The summed E-state index contributed by atoms with van der Waals surface area (Å²) in [6.45, 7) is 2.65. The number of nitrogens with one attached hydrogen (secondary N) is 1. The highest BCUT2D eigenvalue weighted by Crippen LogP contribution is 2.25. The smallest absolute Gasteiger partial charge is 0.274 e. The molecule has 3 aromatic rings. The standard InChI is InChI=1S/C22H25N3O3/c1-15-5-12-21(28-15)19-14-20(24-23-19)22(27)25-13-3-2-4-17(25)9-6-16-7-10-18(26)11-8-16/h5,7-8,10-12,14,17,26H,2-4,6,9,13H2,1H3,(H,23,24)/t17-/m0/s1. The van der Waals surface area contributed by atoms with Crippen LogP contribution in [-0.4, -0.2) is 38.7 Å². The molecule has 1 saturated heterocycles. The zero-order valence-electron chi connectivity index (χ0n) is 16.0. The van der Waals surface area contributed by atoms with Gasteiger partial charge in [-0.05, 0) is 68.9 Å². The quantitative estimate of drug-likeness (QED) is 0.692. The summed E-state index contributed by atoms with van der Waals surface area (Å²) in [7, 11) is 0. The van der Waals surface area contributed by atoms with E-state index in [-0.39, 0.29) is 17.7 Å². The van der Waals surface area contributed by atoms with Crippen LogP contribution < -0.4 is 0 Å². The van der Waals surface area contributed by atoms with Crippen molar-refractivity contribution in [1.29, 1.82) is 0 Å². The Bertz CT molecular complexity index is 942. The number of piperidine rings is 1. The van der Waals surface area contributed by atoms with Gasteiger partial charge in [0.15, 0.2) is 11.5 Å². The number of aromatic hydroxyl groups is 1. The molecule has 1 atom stereocenters. The Morgan fingerprint density at radius 2 is 2.07 bits per heavy atom. The van der Waals surface area contributed by atoms with E-state index in [2.05, 4.69) is 10.2 Å². The van der Waals surface area contributed by atoms with Crippen LogP contribution in [0.25, 0.3) is 11.5 Å². The van der Waals surface area contributed by atoms with Gasteiger partial charge in [0, 0.05) is 18.7 Å². The van der Waals surface area contributed by atoms with Gasteiger partial charge in [0.25, 0.3) is 5.91 Å². The maximum Gasteiger partial charge on any atom is 0.274 e. The topological polar surface area (TPSA) is 82.4 Å². The summed E-state index contributed by atoms with van der Waals surface area (Å²) in [4.78, 5) is 15.1. The Labute approximate surface area is 164 Å². The third-order valence-electron chi connectivity index (χ3n) is 5.39. The minimum absolute atomic E-state index is 0.0267. The number of carbonyl (C=O) groups excluding carboxylic acids is 1. The van der Waals surface area contributed by atoms with Gasteiger partial charge in [-0.1, -0.05) is 12.1 Å². The number of hydrogen-bond donors (Lipinski definition) is 2. The normalized spacial score (nSPS) is 17.0. The van der Waals surface area contributed by atoms with E-state index in [1.807, 2.05) is 36.1 Å². The highest BCUT2D eigenvalue weighted by molar-refractivity contribution is 5.93. The highest BCUT2D eigenvalue weighted by atomic mass is 16.3. The number of rotatable bonds is 5. The van der Waals surface area contributed by atoms with Crippen molar-refractivity contribution >= 4 is 5.91 Å². The van der Waals surface area contributed by atoms with Gasteiger partial charge in [-0.15, -0.1) is 0 Å². The van der Waals surface area contributed by atoms with Gasteiger partial charge in [0.05, 0.1) is 0 Å². The Hall–Kier alpha value is -3.02. The number of aromatic amines is 1. The minimum atomic E-state index is -0.0267. The number of carbonyl (C=O) groups is 1. The van der Waals surface area contributed by atoms with Gasteiger partial charge < -0.3 is 14.4 Å². The Kier molecular flexibility index (Phi) is 5.19. The molecule has 0 unspecified atom stereocenters. The van der Waals surface area contributed by atoms with Crippen LogP contribution in [0.15, 0.2) is 46.9 Å². The molecular formula is C22H25N3O3. The fraction of sp³-hybridized carbons (Fsp3) is 0.364. The summed E-state index contributed by atoms with van der Waals surface area (Å²) in [5, 5.41) is 16.6. The average molecular weight is 379 g/mol. The SMILES string of the molecule is Cc1ccc(-c2cc(C(=O)N3CCCC[C@H]3CCc3ccc(O)cc3)n[nH]2)o1. The van der Waals surface area contributed by atoms with Crippen LogP contribution in [0, 0.1) is 6.92 Å². The molecule has 0 saturated carbocycles. The van der Waals surface area contributed by atoms with Crippen molar-refractivity contribution in [3.8, 4) is 17.2 Å². The molecule has 1 fully saturated rings. The molecule has 1 aliphatic heterocycles. The number of aromatic nitrogens is 2. The minimum Gasteiger partial charge on any atom is -0.508 e. The molecule has 1 aliphatic rings. The Morgan fingerprint density at radius 3 is 2.82 bits per heavy atom. The van der Waals surface area contributed by atoms with E-state index >= 15 is 0 Å². The number of amides is 1. The molecule has 6 nitrogen and oxygen atoms in total. The number of phenolic OH excluding ortho intramolecular Hbond substituents is 1. The molecule has 146 valence electrons. The second-order valence-corrected chi connectivity index (χ2v) is 7.43. The zero-order chi connectivity index (χ0) is 19.5. The van der Waals surface area contributed by atoms with E-state index in [4.69, 9.17) is 4.42 Å². The predicted octanol–water partition coefficient (Wildman–Crippen LogP) is 4.31. The summed E-state index contributed by atoms with van der Waals surface area (Å²) < 4.78 is 5.61. The first-order valence-corrected chi connectivity index (χ1v) is 9.81. The summed E-state index contributed by atoms with van der Waals surface area (Å²) in [6.07, 6.45) is 4.97. The number of H-pyrrole nitrogens is 1. The molecule has 0 bridgehead atoms. The fourth-order valence-corrected chi connectivity index (χ4v) is 3.85. The van der Waals surface area contributed by atoms with Crippen molar-refractivity contribution in [3.63, 3.8) is 0 Å². The summed E-state index contributed by atoms with van der Waals surface area (Å²) in [5.41, 5.74) is 2.32. The number of hydrogen-bond acceptors (Lipinski definition) is 4. The van der Waals surface area contributed by atoms with Crippen molar-refractivity contribution in [1.82, 2.24) is 15.1 Å². The van der Waals surface area contributed by atoms with Gasteiger partial charge in [-0.2, -0.15) is 5.10 Å².